The molecule has 1 aliphatic rings. The summed E-state index contributed by atoms with van der Waals surface area (Å²) in [6.07, 6.45) is 7.70. The van der Waals surface area contributed by atoms with Crippen molar-refractivity contribution in [3.05, 3.63) is 143 Å². The average molecular weight is 626 g/mol. The molecule has 9 nitrogen and oxygen atoms in total. The minimum absolute atomic E-state index is 0.0250. The van der Waals surface area contributed by atoms with Crippen LogP contribution in [0.5, 0.6) is 5.75 Å². The molecule has 1 fully saturated rings. The number of nitrogens with zero attached hydrogens (tertiary/aromatic N) is 5. The molecular formula is C37H32FN7O2. The molecule has 0 atom stereocenters. The van der Waals surface area contributed by atoms with Gasteiger partial charge in [0.05, 0.1) is 37.2 Å². The van der Waals surface area contributed by atoms with Gasteiger partial charge in [-0.15, -0.1) is 0 Å². The first-order valence-corrected chi connectivity index (χ1v) is 15.4. The third-order valence-corrected chi connectivity index (χ3v) is 8.02. The Morgan fingerprint density at radius 3 is 2.36 bits per heavy atom. The minimum atomic E-state index is -0.647. The second kappa shape index (κ2) is 13.2. The molecule has 0 saturated heterocycles. The van der Waals surface area contributed by atoms with E-state index in [1.807, 2.05) is 72.9 Å². The van der Waals surface area contributed by atoms with Crippen LogP contribution in [-0.4, -0.2) is 38.1 Å². The van der Waals surface area contributed by atoms with Gasteiger partial charge in [0.2, 0.25) is 5.91 Å². The summed E-state index contributed by atoms with van der Waals surface area (Å²) in [5.41, 5.74) is 5.88. The zero-order valence-electron chi connectivity index (χ0n) is 25.7. The molecule has 1 amide bonds. The van der Waals surface area contributed by atoms with Crippen molar-refractivity contribution >= 4 is 34.6 Å². The first-order valence-electron chi connectivity index (χ1n) is 15.4. The summed E-state index contributed by atoms with van der Waals surface area (Å²) in [4.78, 5) is 31.4. The predicted octanol–water partition coefficient (Wildman–Crippen LogP) is 7.11. The number of ether oxygens (including phenoxy) is 1. The Morgan fingerprint density at radius 2 is 1.66 bits per heavy atom. The number of fused-ring (bicyclic) bond motifs is 1. The highest BCUT2D eigenvalue weighted by Gasteiger charge is 2.24. The topological polar surface area (TPSA) is 106 Å². The van der Waals surface area contributed by atoms with E-state index in [1.165, 1.54) is 37.9 Å². The van der Waals surface area contributed by atoms with Gasteiger partial charge in [-0.2, -0.15) is 0 Å². The lowest BCUT2D eigenvalue weighted by molar-refractivity contribution is -0.115. The van der Waals surface area contributed by atoms with Crippen molar-refractivity contribution in [1.82, 2.24) is 19.4 Å². The van der Waals surface area contributed by atoms with Crippen LogP contribution in [0.15, 0.2) is 115 Å². The molecule has 10 heteroatoms. The molecule has 6 aromatic rings. The van der Waals surface area contributed by atoms with Crippen molar-refractivity contribution in [2.24, 2.45) is 4.99 Å². The van der Waals surface area contributed by atoms with E-state index < -0.39 is 11.7 Å². The van der Waals surface area contributed by atoms with Crippen LogP contribution in [0.25, 0.3) is 5.65 Å². The fraction of sp³-hybridized carbons (Fsp3) is 0.162. The molecule has 2 N–H and O–H groups in total. The number of aromatic nitrogens is 4. The zero-order chi connectivity index (χ0) is 32.2. The number of carbonyl (C=O) groups excluding carboxylic acids is 1. The summed E-state index contributed by atoms with van der Waals surface area (Å²) in [6.45, 7) is 0.437. The standard InChI is InChI=1S/C37H32FN7O2/c1-47-31-16-15-30(43-37(25-8-4-2-5-9-25)26-10-6-3-7-11-26)29(36(31)38)18-35(46)44-33-19-32(40-23-41-33)39-20-28-22-45-21-27(24-12-13-24)14-17-34(45)42-28/h2-11,14-17,19,21-24H,12-13,18,20H2,1H3,(H2,39,40,41,44,46). The zero-order valence-corrected chi connectivity index (χ0v) is 25.7. The normalized spacial score (nSPS) is 12.5. The van der Waals surface area contributed by atoms with Crippen LogP contribution < -0.4 is 15.4 Å². The van der Waals surface area contributed by atoms with E-state index in [0.29, 0.717) is 29.7 Å². The summed E-state index contributed by atoms with van der Waals surface area (Å²) in [6, 6.07) is 28.3. The summed E-state index contributed by atoms with van der Waals surface area (Å²) < 4.78 is 23.0. The Kier molecular flexibility index (Phi) is 8.38. The summed E-state index contributed by atoms with van der Waals surface area (Å²) in [5.74, 6) is 0.367. The molecule has 1 saturated carbocycles. The van der Waals surface area contributed by atoms with Crippen molar-refractivity contribution in [3.8, 4) is 5.75 Å². The minimum Gasteiger partial charge on any atom is -0.494 e. The van der Waals surface area contributed by atoms with Gasteiger partial charge >= 0.3 is 0 Å². The third kappa shape index (κ3) is 6.86. The average Bonchev–Trinajstić information content (AvgIpc) is 3.87. The number of halogens is 1. The van der Waals surface area contributed by atoms with Crippen LogP contribution in [0.2, 0.25) is 0 Å². The van der Waals surface area contributed by atoms with E-state index in [4.69, 9.17) is 9.73 Å². The third-order valence-electron chi connectivity index (χ3n) is 8.02. The van der Waals surface area contributed by atoms with Gasteiger partial charge < -0.3 is 19.8 Å². The summed E-state index contributed by atoms with van der Waals surface area (Å²) >= 11 is 0. The van der Waals surface area contributed by atoms with Crippen molar-refractivity contribution in [3.63, 3.8) is 0 Å². The maximum atomic E-state index is 15.7. The van der Waals surface area contributed by atoms with Crippen molar-refractivity contribution in [2.45, 2.75) is 31.7 Å². The monoisotopic (exact) mass is 625 g/mol. The van der Waals surface area contributed by atoms with Crippen LogP contribution in [0.1, 0.15) is 46.7 Å². The quantitative estimate of drug-likeness (QED) is 0.149. The Bertz CT molecular complexity index is 2030. The van der Waals surface area contributed by atoms with Gasteiger partial charge in [0.25, 0.3) is 0 Å². The van der Waals surface area contributed by atoms with E-state index in [0.717, 1.165) is 22.5 Å². The van der Waals surface area contributed by atoms with Crippen molar-refractivity contribution in [1.29, 1.82) is 0 Å². The molecule has 234 valence electrons. The SMILES string of the molecule is COc1ccc(N=C(c2ccccc2)c2ccccc2)c(CC(=O)Nc2cc(NCc3cn4cc(C5CC5)ccc4n3)ncn2)c1F. The highest BCUT2D eigenvalue weighted by atomic mass is 19.1. The maximum absolute atomic E-state index is 15.7. The number of aliphatic imine (C=N–C) groups is 1. The van der Waals surface area contributed by atoms with Gasteiger partial charge in [-0.05, 0) is 42.5 Å². The summed E-state index contributed by atoms with van der Waals surface area (Å²) in [5, 5.41) is 6.02. The molecule has 3 heterocycles. The molecule has 47 heavy (non-hydrogen) atoms. The van der Waals surface area contributed by atoms with Gasteiger partial charge in [-0.1, -0.05) is 66.7 Å². The van der Waals surface area contributed by atoms with Crippen LogP contribution in [0.3, 0.4) is 0 Å². The van der Waals surface area contributed by atoms with Crippen LogP contribution in [0.4, 0.5) is 21.7 Å². The molecule has 0 aliphatic heterocycles. The highest BCUT2D eigenvalue weighted by Crippen LogP contribution is 2.40. The lowest BCUT2D eigenvalue weighted by atomic mass is 10.0. The molecule has 0 unspecified atom stereocenters. The highest BCUT2D eigenvalue weighted by molar-refractivity contribution is 6.14. The van der Waals surface area contributed by atoms with E-state index >= 15 is 4.39 Å². The fourth-order valence-electron chi connectivity index (χ4n) is 5.48. The first-order chi connectivity index (χ1) is 23.0. The Morgan fingerprint density at radius 1 is 0.936 bits per heavy atom. The Hall–Kier alpha value is -5.90. The Labute approximate surface area is 271 Å². The number of pyridine rings is 1. The molecule has 0 radical (unpaired) electrons. The second-order valence-electron chi connectivity index (χ2n) is 11.4. The number of nitrogens with one attached hydrogen (secondary N) is 2. The number of amides is 1. The molecule has 7 rings (SSSR count). The van der Waals surface area contributed by atoms with Crippen LogP contribution in [0, 0.1) is 5.82 Å². The van der Waals surface area contributed by atoms with Crippen molar-refractivity contribution in [2.75, 3.05) is 17.7 Å². The lowest BCUT2D eigenvalue weighted by Crippen LogP contribution is -2.17. The van der Waals surface area contributed by atoms with E-state index in [9.17, 15) is 4.79 Å². The molecule has 3 aromatic carbocycles. The van der Waals surface area contributed by atoms with Gasteiger partial charge in [-0.25, -0.2) is 24.3 Å². The smallest absolute Gasteiger partial charge is 0.230 e. The first kappa shape index (κ1) is 29.8. The number of imidazole rings is 1. The maximum Gasteiger partial charge on any atom is 0.230 e. The number of carbonyl (C=O) groups is 1. The predicted molar refractivity (Wildman–Crippen MR) is 180 cm³/mol. The summed E-state index contributed by atoms with van der Waals surface area (Å²) in [7, 11) is 1.39. The lowest BCUT2D eigenvalue weighted by Gasteiger charge is -2.13. The van der Waals surface area contributed by atoms with Gasteiger partial charge in [0.1, 0.15) is 23.6 Å². The fourth-order valence-corrected chi connectivity index (χ4v) is 5.48. The number of hydrogen-bond acceptors (Lipinski definition) is 7. The van der Waals surface area contributed by atoms with E-state index in [1.54, 1.807) is 12.1 Å². The molecule has 1 aliphatic carbocycles. The largest absolute Gasteiger partial charge is 0.494 e. The molecule has 0 spiro atoms. The van der Waals surface area contributed by atoms with Crippen LogP contribution >= 0.6 is 0 Å². The number of methoxy groups -OCH3 is 1. The second-order valence-corrected chi connectivity index (χ2v) is 11.4. The van der Waals surface area contributed by atoms with Gasteiger partial charge in [0, 0.05) is 35.2 Å². The number of benzene rings is 3. The van der Waals surface area contributed by atoms with Crippen molar-refractivity contribution < 1.29 is 13.9 Å². The number of rotatable bonds is 11. The molecule has 0 bridgehead atoms. The van der Waals surface area contributed by atoms with Gasteiger partial charge in [0.15, 0.2) is 11.6 Å². The van der Waals surface area contributed by atoms with Gasteiger partial charge in [-0.3, -0.25) is 4.79 Å². The van der Waals surface area contributed by atoms with E-state index in [-0.39, 0.29) is 23.6 Å². The molecule has 3 aromatic heterocycles. The number of anilines is 2. The number of hydrogen-bond donors (Lipinski definition) is 2. The van der Waals surface area contributed by atoms with Crippen LogP contribution in [-0.2, 0) is 17.8 Å². The van der Waals surface area contributed by atoms with E-state index in [2.05, 4.69) is 42.2 Å². The Balaban J connectivity index is 1.09. The molecular weight excluding hydrogens is 593 g/mol.